The molecule has 0 aromatic heterocycles. The summed E-state index contributed by atoms with van der Waals surface area (Å²) in [5.74, 6) is -0.738. The van der Waals surface area contributed by atoms with Gasteiger partial charge in [-0.05, 0) is 30.9 Å². The molecule has 1 aromatic carbocycles. The first-order valence-electron chi connectivity index (χ1n) is 6.10. The number of halogens is 1. The summed E-state index contributed by atoms with van der Waals surface area (Å²) in [6.07, 6.45) is 5.70. The molecule has 5 heteroatoms. The van der Waals surface area contributed by atoms with Crippen molar-refractivity contribution in [2.24, 2.45) is 11.7 Å². The minimum atomic E-state index is -0.478. The van der Waals surface area contributed by atoms with Crippen molar-refractivity contribution in [2.75, 3.05) is 0 Å². The Morgan fingerprint density at radius 3 is 2.22 bits per heavy atom. The first-order valence-corrected chi connectivity index (χ1v) is 6.10. The lowest BCUT2D eigenvalue weighted by atomic mass is 9.81. The van der Waals surface area contributed by atoms with Crippen LogP contribution < -0.4 is 5.73 Å². The highest BCUT2D eigenvalue weighted by Crippen LogP contribution is 2.43. The van der Waals surface area contributed by atoms with Crippen molar-refractivity contribution in [1.29, 1.82) is 0 Å². The van der Waals surface area contributed by atoms with E-state index in [1.807, 2.05) is 0 Å². The van der Waals surface area contributed by atoms with E-state index >= 15 is 0 Å². The van der Waals surface area contributed by atoms with Gasteiger partial charge < -0.3 is 21.1 Å². The van der Waals surface area contributed by atoms with Crippen LogP contribution in [0.25, 0.3) is 0 Å². The van der Waals surface area contributed by atoms with E-state index in [0.29, 0.717) is 11.5 Å². The minimum absolute atomic E-state index is 0. The third-order valence-corrected chi connectivity index (χ3v) is 3.68. The number of nitrogens with two attached hydrogens (primary N) is 1. The van der Waals surface area contributed by atoms with Crippen LogP contribution in [0.1, 0.15) is 43.7 Å². The molecule has 2 rings (SSSR count). The molecule has 18 heavy (non-hydrogen) atoms. The summed E-state index contributed by atoms with van der Waals surface area (Å²) in [5, 5.41) is 28.5. The van der Waals surface area contributed by atoms with Crippen LogP contribution in [0, 0.1) is 5.92 Å². The van der Waals surface area contributed by atoms with Gasteiger partial charge in [0.2, 0.25) is 5.75 Å². The van der Waals surface area contributed by atoms with Crippen LogP contribution in [-0.2, 0) is 0 Å². The van der Waals surface area contributed by atoms with Crippen molar-refractivity contribution < 1.29 is 15.3 Å². The minimum Gasteiger partial charge on any atom is -0.504 e. The zero-order chi connectivity index (χ0) is 12.4. The monoisotopic (exact) mass is 273 g/mol. The molecule has 1 atom stereocenters. The second-order valence-corrected chi connectivity index (χ2v) is 4.80. The topological polar surface area (TPSA) is 86.7 Å². The maximum atomic E-state index is 9.79. The lowest BCUT2D eigenvalue weighted by Gasteiger charge is -2.28. The van der Waals surface area contributed by atoms with Crippen molar-refractivity contribution in [3.05, 3.63) is 17.7 Å². The number of benzene rings is 1. The smallest absolute Gasteiger partial charge is 0.200 e. The van der Waals surface area contributed by atoms with Crippen molar-refractivity contribution in [3.8, 4) is 17.2 Å². The molecular formula is C13H20ClNO3. The van der Waals surface area contributed by atoms with Gasteiger partial charge in [0.25, 0.3) is 0 Å². The van der Waals surface area contributed by atoms with Crippen molar-refractivity contribution >= 4 is 12.4 Å². The highest BCUT2D eigenvalue weighted by atomic mass is 35.5. The van der Waals surface area contributed by atoms with E-state index < -0.39 is 5.75 Å². The lowest BCUT2D eigenvalue weighted by Crippen LogP contribution is -2.23. The molecule has 0 aliphatic heterocycles. The molecule has 4 nitrogen and oxygen atoms in total. The lowest BCUT2D eigenvalue weighted by molar-refractivity contribution is 0.298. The predicted octanol–water partition coefficient (Wildman–Crippen LogP) is 2.81. The van der Waals surface area contributed by atoms with Crippen LogP contribution in [0.15, 0.2) is 12.1 Å². The van der Waals surface area contributed by atoms with E-state index in [9.17, 15) is 15.3 Å². The molecule has 1 aromatic rings. The van der Waals surface area contributed by atoms with Gasteiger partial charge in [0.1, 0.15) is 0 Å². The molecule has 5 N–H and O–H groups in total. The Balaban J connectivity index is 0.00000162. The molecule has 0 bridgehead atoms. The summed E-state index contributed by atoms with van der Waals surface area (Å²) in [6, 6.07) is 2.68. The van der Waals surface area contributed by atoms with Gasteiger partial charge in [-0.2, -0.15) is 0 Å². The normalized spacial score (nSPS) is 18.1. The van der Waals surface area contributed by atoms with E-state index in [-0.39, 0.29) is 29.9 Å². The highest BCUT2D eigenvalue weighted by Gasteiger charge is 2.25. The summed E-state index contributed by atoms with van der Waals surface area (Å²) >= 11 is 0. The van der Waals surface area contributed by atoms with Crippen LogP contribution in [-0.4, -0.2) is 15.3 Å². The zero-order valence-corrected chi connectivity index (χ0v) is 11.0. The molecule has 0 heterocycles. The third kappa shape index (κ3) is 2.82. The number of aromatic hydroxyl groups is 3. The Morgan fingerprint density at radius 2 is 1.61 bits per heavy atom. The predicted molar refractivity (Wildman–Crippen MR) is 72.2 cm³/mol. The van der Waals surface area contributed by atoms with Crippen molar-refractivity contribution in [1.82, 2.24) is 0 Å². The zero-order valence-electron chi connectivity index (χ0n) is 10.2. The van der Waals surface area contributed by atoms with Crippen molar-refractivity contribution in [3.63, 3.8) is 0 Å². The molecule has 1 aliphatic carbocycles. The molecule has 0 spiro atoms. The number of phenolic OH excluding ortho intramolecular Hbond substituents is 3. The van der Waals surface area contributed by atoms with Crippen LogP contribution in [0.4, 0.5) is 0 Å². The average Bonchev–Trinajstić information content (AvgIpc) is 2.36. The summed E-state index contributed by atoms with van der Waals surface area (Å²) in [5.41, 5.74) is 6.66. The molecule has 0 saturated heterocycles. The molecule has 1 aliphatic rings. The molecule has 0 amide bonds. The molecule has 0 unspecified atom stereocenters. The van der Waals surface area contributed by atoms with E-state index in [0.717, 1.165) is 12.8 Å². The van der Waals surface area contributed by atoms with Crippen molar-refractivity contribution in [2.45, 2.75) is 38.1 Å². The summed E-state index contributed by atoms with van der Waals surface area (Å²) < 4.78 is 0. The van der Waals surface area contributed by atoms with Crippen LogP contribution in [0.5, 0.6) is 17.2 Å². The Bertz CT molecular complexity index is 405. The fourth-order valence-electron chi connectivity index (χ4n) is 2.60. The molecule has 0 radical (unpaired) electrons. The van der Waals surface area contributed by atoms with Crippen LogP contribution in [0.2, 0.25) is 0 Å². The molecule has 1 saturated carbocycles. The number of phenols is 3. The quantitative estimate of drug-likeness (QED) is 0.624. The maximum Gasteiger partial charge on any atom is 0.200 e. The Kier molecular flexibility index (Phi) is 5.11. The Labute approximate surface area is 113 Å². The number of rotatable bonds is 2. The van der Waals surface area contributed by atoms with Gasteiger partial charge in [-0.3, -0.25) is 0 Å². The maximum absolute atomic E-state index is 9.79. The second-order valence-electron chi connectivity index (χ2n) is 4.80. The van der Waals surface area contributed by atoms with Gasteiger partial charge in [0.05, 0.1) is 0 Å². The van der Waals surface area contributed by atoms with E-state index in [1.165, 1.54) is 25.3 Å². The van der Waals surface area contributed by atoms with E-state index in [2.05, 4.69) is 0 Å². The number of hydrogen-bond acceptors (Lipinski definition) is 4. The SMILES string of the molecule is Cl.N[C@@H](c1ccc(O)c(O)c1O)C1CCCCC1. The second kappa shape index (κ2) is 6.16. The fourth-order valence-corrected chi connectivity index (χ4v) is 2.60. The van der Waals surface area contributed by atoms with E-state index in [1.54, 1.807) is 6.07 Å². The first kappa shape index (κ1) is 14.9. The van der Waals surface area contributed by atoms with Gasteiger partial charge in [-0.25, -0.2) is 0 Å². The Hall–Kier alpha value is -1.13. The standard InChI is InChI=1S/C13H19NO3.ClH/c14-11(8-4-2-1-3-5-8)9-6-7-10(15)13(17)12(9)16;/h6-8,11,15-17H,1-5,14H2;1H/t11-;/m1./s1. The fraction of sp³-hybridized carbons (Fsp3) is 0.538. The number of hydrogen-bond donors (Lipinski definition) is 4. The van der Waals surface area contributed by atoms with Crippen LogP contribution in [0.3, 0.4) is 0 Å². The summed E-state index contributed by atoms with van der Waals surface area (Å²) in [7, 11) is 0. The first-order chi connectivity index (χ1) is 8.11. The molecular weight excluding hydrogens is 254 g/mol. The van der Waals surface area contributed by atoms with Gasteiger partial charge in [-0.1, -0.05) is 19.3 Å². The Morgan fingerprint density at radius 1 is 1.00 bits per heavy atom. The highest BCUT2D eigenvalue weighted by molar-refractivity contribution is 5.85. The summed E-state index contributed by atoms with van der Waals surface area (Å²) in [4.78, 5) is 0. The third-order valence-electron chi connectivity index (χ3n) is 3.68. The van der Waals surface area contributed by atoms with Crippen LogP contribution >= 0.6 is 12.4 Å². The van der Waals surface area contributed by atoms with Gasteiger partial charge >= 0.3 is 0 Å². The van der Waals surface area contributed by atoms with Gasteiger partial charge in [-0.15, -0.1) is 12.4 Å². The van der Waals surface area contributed by atoms with Gasteiger partial charge in [0.15, 0.2) is 11.5 Å². The largest absolute Gasteiger partial charge is 0.504 e. The summed E-state index contributed by atoms with van der Waals surface area (Å²) in [6.45, 7) is 0. The van der Waals surface area contributed by atoms with Gasteiger partial charge in [0, 0.05) is 11.6 Å². The van der Waals surface area contributed by atoms with E-state index in [4.69, 9.17) is 5.73 Å². The molecule has 102 valence electrons. The average molecular weight is 274 g/mol. The molecule has 1 fully saturated rings.